The number of Topliss-reactive ketones (excluding diaryl/α,β-unsaturated/α-hetero) is 1. The van der Waals surface area contributed by atoms with E-state index in [4.69, 9.17) is 18.9 Å². The molecule has 0 unspecified atom stereocenters. The summed E-state index contributed by atoms with van der Waals surface area (Å²) in [6.07, 6.45) is 9.41. The van der Waals surface area contributed by atoms with Gasteiger partial charge in [0, 0.05) is 10.8 Å². The molecule has 33 heavy (non-hydrogen) atoms. The standard InChI is InChI=1S/C26H32O7/c1-22(2)31-14-21(29)30-13-19(28)25(33-22)10-8-17-18-6-5-15-11-16(27)7-9-23(15,3)26(18)20(32-26)12-24(17,25)4/h7,9,11,17-18,20H,5-6,8,10,12-14H2,1-4H3/t17-,18-,20-,23-,24-,25-,26+/m0/s1. The molecule has 2 heterocycles. The van der Waals surface area contributed by atoms with Crippen LogP contribution in [0.3, 0.4) is 0 Å². The Morgan fingerprint density at radius 3 is 2.58 bits per heavy atom. The van der Waals surface area contributed by atoms with Crippen LogP contribution in [-0.2, 0) is 33.3 Å². The maximum atomic E-state index is 13.7. The number of carbonyl (C=O) groups is 3. The number of carbonyl (C=O) groups excluding carboxylic acids is 3. The molecule has 6 rings (SSSR count). The summed E-state index contributed by atoms with van der Waals surface area (Å²) < 4.78 is 24.2. The second kappa shape index (κ2) is 6.43. The summed E-state index contributed by atoms with van der Waals surface area (Å²) in [6, 6.07) is 0. The molecule has 2 spiro atoms. The van der Waals surface area contributed by atoms with Gasteiger partial charge >= 0.3 is 5.97 Å². The van der Waals surface area contributed by atoms with Gasteiger partial charge in [-0.15, -0.1) is 0 Å². The molecule has 2 saturated heterocycles. The minimum atomic E-state index is -1.10. The first-order valence-electron chi connectivity index (χ1n) is 12.1. The molecular formula is C26H32O7. The Labute approximate surface area is 193 Å². The summed E-state index contributed by atoms with van der Waals surface area (Å²) >= 11 is 0. The van der Waals surface area contributed by atoms with Crippen molar-refractivity contribution < 1.29 is 33.3 Å². The number of hydrogen-bond acceptors (Lipinski definition) is 7. The second-order valence-corrected chi connectivity index (χ2v) is 11.6. The molecule has 6 aliphatic rings. The first-order valence-corrected chi connectivity index (χ1v) is 12.1. The van der Waals surface area contributed by atoms with Crippen LogP contribution >= 0.6 is 0 Å². The van der Waals surface area contributed by atoms with Crippen molar-refractivity contribution in [1.82, 2.24) is 0 Å². The monoisotopic (exact) mass is 456 g/mol. The molecule has 0 aromatic heterocycles. The fourth-order valence-corrected chi connectivity index (χ4v) is 8.30. The van der Waals surface area contributed by atoms with Crippen molar-refractivity contribution in [1.29, 1.82) is 0 Å². The summed E-state index contributed by atoms with van der Waals surface area (Å²) in [5.74, 6) is -1.30. The summed E-state index contributed by atoms with van der Waals surface area (Å²) in [4.78, 5) is 37.8. The molecule has 178 valence electrons. The average molecular weight is 457 g/mol. The van der Waals surface area contributed by atoms with Crippen LogP contribution in [0.1, 0.15) is 59.8 Å². The van der Waals surface area contributed by atoms with Gasteiger partial charge in [0.25, 0.3) is 0 Å². The van der Waals surface area contributed by atoms with Gasteiger partial charge in [-0.05, 0) is 76.9 Å². The summed E-state index contributed by atoms with van der Waals surface area (Å²) in [6.45, 7) is 7.36. The van der Waals surface area contributed by atoms with E-state index >= 15 is 0 Å². The predicted octanol–water partition coefficient (Wildman–Crippen LogP) is 3.06. The lowest BCUT2D eigenvalue weighted by atomic mass is 9.46. The van der Waals surface area contributed by atoms with E-state index in [1.165, 1.54) is 5.57 Å². The highest BCUT2D eigenvalue weighted by atomic mass is 16.7. The van der Waals surface area contributed by atoms with Crippen LogP contribution in [-0.4, -0.2) is 53.8 Å². The zero-order chi connectivity index (χ0) is 23.4. The molecular weight excluding hydrogens is 424 g/mol. The number of cyclic esters (lactones) is 1. The van der Waals surface area contributed by atoms with Crippen molar-refractivity contribution in [3.8, 4) is 0 Å². The maximum absolute atomic E-state index is 13.7. The molecule has 3 saturated carbocycles. The van der Waals surface area contributed by atoms with E-state index in [1.54, 1.807) is 26.0 Å². The largest absolute Gasteiger partial charge is 0.456 e. The number of hydrogen-bond donors (Lipinski definition) is 0. The zero-order valence-corrected chi connectivity index (χ0v) is 19.8. The molecule has 5 fully saturated rings. The van der Waals surface area contributed by atoms with Gasteiger partial charge in [-0.3, -0.25) is 9.59 Å². The lowest BCUT2D eigenvalue weighted by Crippen LogP contribution is -2.63. The smallest absolute Gasteiger partial charge is 0.332 e. The van der Waals surface area contributed by atoms with Gasteiger partial charge in [-0.25, -0.2) is 4.79 Å². The van der Waals surface area contributed by atoms with Crippen LogP contribution in [0.2, 0.25) is 0 Å². The maximum Gasteiger partial charge on any atom is 0.332 e. The number of fused-ring (bicyclic) bond motifs is 4. The zero-order valence-electron chi connectivity index (χ0n) is 19.8. The molecule has 7 nitrogen and oxygen atoms in total. The van der Waals surface area contributed by atoms with E-state index in [0.717, 1.165) is 19.3 Å². The van der Waals surface area contributed by atoms with Crippen LogP contribution in [0.4, 0.5) is 0 Å². The predicted molar refractivity (Wildman–Crippen MR) is 116 cm³/mol. The van der Waals surface area contributed by atoms with E-state index in [1.807, 2.05) is 0 Å². The van der Waals surface area contributed by atoms with Crippen molar-refractivity contribution in [2.75, 3.05) is 13.2 Å². The van der Waals surface area contributed by atoms with E-state index in [0.29, 0.717) is 12.8 Å². The number of epoxide rings is 1. The van der Waals surface area contributed by atoms with Crippen LogP contribution in [0, 0.1) is 22.7 Å². The highest BCUT2D eigenvalue weighted by molar-refractivity contribution is 6.01. The lowest BCUT2D eigenvalue weighted by molar-refractivity contribution is -0.284. The van der Waals surface area contributed by atoms with Crippen molar-refractivity contribution in [3.63, 3.8) is 0 Å². The molecule has 0 N–H and O–H groups in total. The van der Waals surface area contributed by atoms with Gasteiger partial charge in [-0.2, -0.15) is 0 Å². The third-order valence-corrected chi connectivity index (χ3v) is 9.83. The van der Waals surface area contributed by atoms with E-state index in [-0.39, 0.29) is 53.7 Å². The highest BCUT2D eigenvalue weighted by Crippen LogP contribution is 2.76. The molecule has 2 aliphatic heterocycles. The Bertz CT molecular complexity index is 1030. The summed E-state index contributed by atoms with van der Waals surface area (Å²) in [5, 5.41) is 0. The SMILES string of the molecule is CC1(C)OCC(=O)OCC(=O)[C@]2(CC[C@H]3[C@@H]4CCC5=CC(=O)C=C[C@]5(C)[C@@]45O[C@H]5C[C@@]32C)O1. The Hall–Kier alpha value is -1.83. The topological polar surface area (TPSA) is 91.4 Å². The summed E-state index contributed by atoms with van der Waals surface area (Å²) in [5.41, 5.74) is -1.03. The average Bonchev–Trinajstić information content (AvgIpc) is 3.39. The molecule has 4 aliphatic carbocycles. The Morgan fingerprint density at radius 2 is 1.79 bits per heavy atom. The van der Waals surface area contributed by atoms with Crippen molar-refractivity contribution in [2.45, 2.75) is 82.9 Å². The number of allylic oxidation sites excluding steroid dienone is 2. The number of ether oxygens (including phenoxy) is 4. The van der Waals surface area contributed by atoms with Gasteiger partial charge in [0.2, 0.25) is 5.78 Å². The van der Waals surface area contributed by atoms with Crippen LogP contribution in [0.5, 0.6) is 0 Å². The first-order chi connectivity index (χ1) is 15.5. The minimum Gasteiger partial charge on any atom is -0.456 e. The van der Waals surface area contributed by atoms with Gasteiger partial charge in [0.05, 0.1) is 6.10 Å². The molecule has 0 amide bonds. The molecule has 7 atom stereocenters. The van der Waals surface area contributed by atoms with E-state index in [2.05, 4.69) is 19.9 Å². The summed E-state index contributed by atoms with van der Waals surface area (Å²) in [7, 11) is 0. The Balaban J connectivity index is 1.41. The van der Waals surface area contributed by atoms with Crippen molar-refractivity contribution in [3.05, 3.63) is 23.8 Å². The molecule has 0 aromatic carbocycles. The van der Waals surface area contributed by atoms with E-state index < -0.39 is 22.8 Å². The van der Waals surface area contributed by atoms with Crippen LogP contribution in [0.15, 0.2) is 23.8 Å². The van der Waals surface area contributed by atoms with Crippen molar-refractivity contribution in [2.24, 2.45) is 22.7 Å². The Morgan fingerprint density at radius 1 is 1.00 bits per heavy atom. The number of rotatable bonds is 0. The lowest BCUT2D eigenvalue weighted by Gasteiger charge is -2.56. The molecule has 7 heteroatoms. The fraction of sp³-hybridized carbons (Fsp3) is 0.731. The fourth-order valence-electron chi connectivity index (χ4n) is 8.30. The first kappa shape index (κ1) is 21.7. The van der Waals surface area contributed by atoms with Crippen LogP contribution < -0.4 is 0 Å². The normalized spacial score (nSPS) is 50.1. The van der Waals surface area contributed by atoms with Crippen LogP contribution in [0.25, 0.3) is 0 Å². The quantitative estimate of drug-likeness (QED) is 0.409. The van der Waals surface area contributed by atoms with Gasteiger partial charge in [-0.1, -0.05) is 18.6 Å². The third-order valence-electron chi connectivity index (χ3n) is 9.83. The molecule has 0 aromatic rings. The van der Waals surface area contributed by atoms with Gasteiger partial charge in [0.1, 0.15) is 17.8 Å². The van der Waals surface area contributed by atoms with E-state index in [9.17, 15) is 14.4 Å². The number of ketones is 2. The minimum absolute atomic E-state index is 0.0131. The van der Waals surface area contributed by atoms with Gasteiger partial charge in [0.15, 0.2) is 18.2 Å². The second-order valence-electron chi connectivity index (χ2n) is 11.6. The Kier molecular flexibility index (Phi) is 4.23. The van der Waals surface area contributed by atoms with Gasteiger partial charge < -0.3 is 18.9 Å². The van der Waals surface area contributed by atoms with Crippen molar-refractivity contribution >= 4 is 17.5 Å². The highest BCUT2D eigenvalue weighted by Gasteiger charge is 2.81. The molecule has 0 bridgehead atoms. The third kappa shape index (κ3) is 2.59. The molecule has 0 radical (unpaired) electrons. The number of esters is 1.